The van der Waals surface area contributed by atoms with Gasteiger partial charge in [-0.3, -0.25) is 9.20 Å². The van der Waals surface area contributed by atoms with Crippen LogP contribution in [-0.2, 0) is 0 Å². The van der Waals surface area contributed by atoms with Crippen LogP contribution in [0.1, 0.15) is 21.7 Å². The Balaban J connectivity index is 1.36. The molecule has 0 aliphatic carbocycles. The second kappa shape index (κ2) is 6.79. The highest BCUT2D eigenvalue weighted by Crippen LogP contribution is 2.31. The molecule has 0 radical (unpaired) electrons. The number of pyridine rings is 1. The van der Waals surface area contributed by atoms with Crippen molar-refractivity contribution in [1.29, 1.82) is 0 Å². The third kappa shape index (κ3) is 3.25. The van der Waals surface area contributed by atoms with E-state index in [4.69, 9.17) is 4.98 Å². The Labute approximate surface area is 170 Å². The first kappa shape index (κ1) is 17.5. The third-order valence-corrected chi connectivity index (χ3v) is 5.84. The normalized spacial score (nSPS) is 11.2. The summed E-state index contributed by atoms with van der Waals surface area (Å²) in [6.07, 6.45) is 1.80. The summed E-state index contributed by atoms with van der Waals surface area (Å²) >= 11 is 1.67. The molecule has 3 aromatic heterocycles. The van der Waals surface area contributed by atoms with Crippen molar-refractivity contribution in [2.75, 3.05) is 5.32 Å². The largest absolute Gasteiger partial charge is 0.322 e. The van der Waals surface area contributed by atoms with E-state index < -0.39 is 0 Å². The molecule has 2 aromatic carbocycles. The number of aryl methyl sites for hydroxylation is 2. The lowest BCUT2D eigenvalue weighted by atomic mass is 10.2. The van der Waals surface area contributed by atoms with Crippen molar-refractivity contribution in [3.05, 3.63) is 77.7 Å². The molecule has 0 spiro atoms. The van der Waals surface area contributed by atoms with Gasteiger partial charge in [0.1, 0.15) is 10.8 Å². The zero-order valence-corrected chi connectivity index (χ0v) is 16.7. The molecule has 1 N–H and O–H groups in total. The van der Waals surface area contributed by atoms with E-state index in [2.05, 4.69) is 34.6 Å². The minimum atomic E-state index is -0.184. The maximum atomic E-state index is 12.6. The van der Waals surface area contributed by atoms with Gasteiger partial charge in [-0.25, -0.2) is 4.98 Å². The van der Waals surface area contributed by atoms with E-state index in [9.17, 15) is 4.79 Å². The Morgan fingerprint density at radius 2 is 1.83 bits per heavy atom. The molecular weight excluding hydrogens is 382 g/mol. The zero-order valence-electron chi connectivity index (χ0n) is 15.9. The van der Waals surface area contributed by atoms with Crippen LogP contribution in [0.25, 0.3) is 26.4 Å². The molecule has 142 valence electrons. The summed E-state index contributed by atoms with van der Waals surface area (Å²) in [5.74, 6) is 0.601. The van der Waals surface area contributed by atoms with Crippen LogP contribution in [-0.4, -0.2) is 25.5 Å². The van der Waals surface area contributed by atoms with Gasteiger partial charge < -0.3 is 5.32 Å². The van der Waals surface area contributed by atoms with Gasteiger partial charge in [-0.05, 0) is 67.9 Å². The molecular formula is C22H17N5OS. The monoisotopic (exact) mass is 399 g/mol. The lowest BCUT2D eigenvalue weighted by Crippen LogP contribution is -2.12. The van der Waals surface area contributed by atoms with Crippen LogP contribution in [0.4, 0.5) is 5.69 Å². The van der Waals surface area contributed by atoms with Crippen molar-refractivity contribution in [2.45, 2.75) is 13.8 Å². The number of hydrogen-bond donors (Lipinski definition) is 1. The molecule has 0 aliphatic heterocycles. The Hall–Kier alpha value is -3.58. The van der Waals surface area contributed by atoms with Gasteiger partial charge in [0.05, 0.1) is 10.2 Å². The van der Waals surface area contributed by atoms with Gasteiger partial charge in [0, 0.05) is 23.0 Å². The first-order valence-corrected chi connectivity index (χ1v) is 9.99. The second-order valence-electron chi connectivity index (χ2n) is 6.91. The van der Waals surface area contributed by atoms with Crippen LogP contribution in [0.2, 0.25) is 0 Å². The molecule has 7 heteroatoms. The number of anilines is 1. The highest BCUT2D eigenvalue weighted by Gasteiger charge is 2.10. The Bertz CT molecular complexity index is 1370. The molecule has 0 aliphatic rings. The number of thiazole rings is 1. The van der Waals surface area contributed by atoms with E-state index in [0.29, 0.717) is 11.2 Å². The zero-order chi connectivity index (χ0) is 20.0. The maximum Gasteiger partial charge on any atom is 0.255 e. The van der Waals surface area contributed by atoms with E-state index >= 15 is 0 Å². The molecule has 0 bridgehead atoms. The molecule has 0 saturated carbocycles. The van der Waals surface area contributed by atoms with E-state index in [1.54, 1.807) is 29.7 Å². The number of benzene rings is 2. The third-order valence-electron chi connectivity index (χ3n) is 4.78. The predicted octanol–water partition coefficient (Wildman–Crippen LogP) is 4.88. The minimum absolute atomic E-state index is 0.184. The number of aromatic nitrogens is 4. The van der Waals surface area contributed by atoms with E-state index in [0.717, 1.165) is 27.6 Å². The number of hydrogen-bond acceptors (Lipinski definition) is 5. The van der Waals surface area contributed by atoms with Crippen LogP contribution in [0.5, 0.6) is 0 Å². The Kier molecular flexibility index (Phi) is 4.10. The van der Waals surface area contributed by atoms with Gasteiger partial charge in [-0.1, -0.05) is 6.07 Å². The summed E-state index contributed by atoms with van der Waals surface area (Å²) in [6, 6.07) is 17.5. The molecule has 6 nitrogen and oxygen atoms in total. The highest BCUT2D eigenvalue weighted by molar-refractivity contribution is 7.21. The summed E-state index contributed by atoms with van der Waals surface area (Å²) in [4.78, 5) is 17.3. The van der Waals surface area contributed by atoms with Gasteiger partial charge >= 0.3 is 0 Å². The van der Waals surface area contributed by atoms with Crippen molar-refractivity contribution >= 4 is 38.8 Å². The molecule has 0 atom stereocenters. The average molecular weight is 399 g/mol. The standard InChI is InChI=1S/C22H17N5OS/c1-13-3-8-18-19(11-13)29-22(24-18)15-4-6-17(7-5-15)23-21(28)16-9-10-27-14(2)25-26-20(27)12-16/h3-12H,1-2H3,(H,23,28). The van der Waals surface area contributed by atoms with Crippen LogP contribution < -0.4 is 5.32 Å². The number of carbonyl (C=O) groups excluding carboxylic acids is 1. The Morgan fingerprint density at radius 3 is 2.66 bits per heavy atom. The van der Waals surface area contributed by atoms with Crippen molar-refractivity contribution in [3.63, 3.8) is 0 Å². The smallest absolute Gasteiger partial charge is 0.255 e. The van der Waals surface area contributed by atoms with Gasteiger partial charge in [-0.15, -0.1) is 21.5 Å². The van der Waals surface area contributed by atoms with Crippen molar-refractivity contribution in [3.8, 4) is 10.6 Å². The fraction of sp³-hybridized carbons (Fsp3) is 0.0909. The molecule has 5 rings (SSSR count). The SMILES string of the molecule is Cc1ccc2nc(-c3ccc(NC(=O)c4ccn5c(C)nnc5c4)cc3)sc2c1. The number of carbonyl (C=O) groups is 1. The minimum Gasteiger partial charge on any atom is -0.322 e. The summed E-state index contributed by atoms with van der Waals surface area (Å²) in [7, 11) is 0. The fourth-order valence-electron chi connectivity index (χ4n) is 3.21. The van der Waals surface area contributed by atoms with Crippen molar-refractivity contribution in [2.24, 2.45) is 0 Å². The molecule has 0 saturated heterocycles. The summed E-state index contributed by atoms with van der Waals surface area (Å²) in [6.45, 7) is 3.95. The maximum absolute atomic E-state index is 12.6. The molecule has 29 heavy (non-hydrogen) atoms. The summed E-state index contributed by atoms with van der Waals surface area (Å²) < 4.78 is 3.02. The average Bonchev–Trinajstić information content (AvgIpc) is 3.31. The lowest BCUT2D eigenvalue weighted by Gasteiger charge is -2.06. The van der Waals surface area contributed by atoms with E-state index in [-0.39, 0.29) is 5.91 Å². The lowest BCUT2D eigenvalue weighted by molar-refractivity contribution is 0.102. The van der Waals surface area contributed by atoms with Gasteiger partial charge in [0.2, 0.25) is 0 Å². The quantitative estimate of drug-likeness (QED) is 0.470. The molecule has 3 heterocycles. The van der Waals surface area contributed by atoms with Crippen LogP contribution in [0.15, 0.2) is 60.8 Å². The van der Waals surface area contributed by atoms with Crippen LogP contribution in [0, 0.1) is 13.8 Å². The van der Waals surface area contributed by atoms with Gasteiger partial charge in [0.15, 0.2) is 5.65 Å². The van der Waals surface area contributed by atoms with Gasteiger partial charge in [0.25, 0.3) is 5.91 Å². The van der Waals surface area contributed by atoms with Crippen LogP contribution >= 0.6 is 11.3 Å². The first-order valence-electron chi connectivity index (χ1n) is 9.17. The Morgan fingerprint density at radius 1 is 1.00 bits per heavy atom. The van der Waals surface area contributed by atoms with Crippen molar-refractivity contribution in [1.82, 2.24) is 19.6 Å². The summed E-state index contributed by atoms with van der Waals surface area (Å²) in [5, 5.41) is 12.0. The number of nitrogens with one attached hydrogen (secondary N) is 1. The predicted molar refractivity (Wildman–Crippen MR) is 115 cm³/mol. The number of nitrogens with zero attached hydrogens (tertiary/aromatic N) is 4. The number of rotatable bonds is 3. The van der Waals surface area contributed by atoms with Crippen molar-refractivity contribution < 1.29 is 4.79 Å². The molecule has 0 fully saturated rings. The number of amides is 1. The molecule has 0 unspecified atom stereocenters. The fourth-order valence-corrected chi connectivity index (χ4v) is 4.28. The number of fused-ring (bicyclic) bond motifs is 2. The highest BCUT2D eigenvalue weighted by atomic mass is 32.1. The topological polar surface area (TPSA) is 72.2 Å². The molecule has 5 aromatic rings. The first-order chi connectivity index (χ1) is 14.1. The van der Waals surface area contributed by atoms with E-state index in [1.807, 2.05) is 41.7 Å². The second-order valence-corrected chi connectivity index (χ2v) is 7.94. The van der Waals surface area contributed by atoms with E-state index in [1.165, 1.54) is 10.3 Å². The molecule has 1 amide bonds. The van der Waals surface area contributed by atoms with Gasteiger partial charge in [-0.2, -0.15) is 0 Å². The summed E-state index contributed by atoms with van der Waals surface area (Å²) in [5.41, 5.74) is 5.18. The van der Waals surface area contributed by atoms with Crippen LogP contribution in [0.3, 0.4) is 0 Å².